The van der Waals surface area contributed by atoms with Gasteiger partial charge in [-0.1, -0.05) is 26.7 Å². The molecule has 0 heterocycles. The predicted molar refractivity (Wildman–Crippen MR) is 67.4 cm³/mol. The van der Waals surface area contributed by atoms with Crippen molar-refractivity contribution in [1.82, 2.24) is 4.90 Å². The van der Waals surface area contributed by atoms with Crippen LogP contribution in [0.25, 0.3) is 0 Å². The molecule has 0 aromatic rings. The molecule has 2 atom stereocenters. The second-order valence-corrected chi connectivity index (χ2v) is 5.45. The predicted octanol–water partition coefficient (Wildman–Crippen LogP) is 1.67. The van der Waals surface area contributed by atoms with Crippen molar-refractivity contribution in [3.8, 4) is 0 Å². The quantitative estimate of drug-likeness (QED) is 0.757. The molecule has 104 valence electrons. The summed E-state index contributed by atoms with van der Waals surface area (Å²) < 4.78 is 0. The zero-order valence-corrected chi connectivity index (χ0v) is 11.1. The lowest BCUT2D eigenvalue weighted by atomic mass is 9.77. The molecule has 1 rings (SSSR count). The average Bonchev–Trinajstić information content (AvgIpc) is 2.26. The van der Waals surface area contributed by atoms with Crippen LogP contribution in [-0.4, -0.2) is 46.2 Å². The van der Waals surface area contributed by atoms with Gasteiger partial charge in [0.1, 0.15) is 0 Å². The topological polar surface area (TPSA) is 77.8 Å². The summed E-state index contributed by atoms with van der Waals surface area (Å²) in [7, 11) is 0. The normalized spacial score (nSPS) is 24.4. The summed E-state index contributed by atoms with van der Waals surface area (Å²) >= 11 is 0. The van der Waals surface area contributed by atoms with Crippen molar-refractivity contribution in [2.75, 3.05) is 13.1 Å². The Hall–Kier alpha value is -1.10. The van der Waals surface area contributed by atoms with E-state index in [0.717, 1.165) is 25.7 Å². The van der Waals surface area contributed by atoms with Gasteiger partial charge in [0, 0.05) is 6.04 Å². The highest BCUT2D eigenvalue weighted by atomic mass is 16.4. The molecule has 5 heteroatoms. The van der Waals surface area contributed by atoms with Gasteiger partial charge < -0.3 is 10.2 Å². The van der Waals surface area contributed by atoms with E-state index >= 15 is 0 Å². The fourth-order valence-electron chi connectivity index (χ4n) is 3.01. The standard InChI is InChI=1S/C13H23NO4/c1-9(2)10-5-3-4-6-11(10)14(7-12(15)16)8-13(17)18/h9-11H,3-8H2,1-2H3,(H,15,16)(H,17,18). The van der Waals surface area contributed by atoms with Gasteiger partial charge in [-0.3, -0.25) is 14.5 Å². The van der Waals surface area contributed by atoms with Crippen molar-refractivity contribution in [2.24, 2.45) is 11.8 Å². The van der Waals surface area contributed by atoms with Crippen LogP contribution in [0.1, 0.15) is 39.5 Å². The van der Waals surface area contributed by atoms with Crippen LogP contribution in [0.4, 0.5) is 0 Å². The summed E-state index contributed by atoms with van der Waals surface area (Å²) in [5.41, 5.74) is 0. The van der Waals surface area contributed by atoms with Crippen LogP contribution >= 0.6 is 0 Å². The summed E-state index contributed by atoms with van der Waals surface area (Å²) in [6, 6.07) is 0.0888. The van der Waals surface area contributed by atoms with Gasteiger partial charge in [0.15, 0.2) is 0 Å². The molecule has 18 heavy (non-hydrogen) atoms. The molecule has 1 aliphatic carbocycles. The van der Waals surface area contributed by atoms with E-state index in [0.29, 0.717) is 11.8 Å². The van der Waals surface area contributed by atoms with Crippen molar-refractivity contribution in [3.05, 3.63) is 0 Å². The van der Waals surface area contributed by atoms with Crippen LogP contribution < -0.4 is 0 Å². The maximum atomic E-state index is 10.9. The second kappa shape index (κ2) is 6.73. The molecule has 5 nitrogen and oxygen atoms in total. The van der Waals surface area contributed by atoms with E-state index < -0.39 is 11.9 Å². The van der Waals surface area contributed by atoms with Crippen molar-refractivity contribution >= 4 is 11.9 Å². The highest BCUT2D eigenvalue weighted by Crippen LogP contribution is 2.33. The molecule has 0 spiro atoms. The number of carboxylic acids is 2. The van der Waals surface area contributed by atoms with Gasteiger partial charge in [-0.2, -0.15) is 0 Å². The zero-order chi connectivity index (χ0) is 13.7. The largest absolute Gasteiger partial charge is 0.480 e. The lowest BCUT2D eigenvalue weighted by Crippen LogP contribution is -2.48. The van der Waals surface area contributed by atoms with Crippen molar-refractivity contribution in [2.45, 2.75) is 45.6 Å². The van der Waals surface area contributed by atoms with Gasteiger partial charge >= 0.3 is 11.9 Å². The number of aliphatic carboxylic acids is 2. The Morgan fingerprint density at radius 3 is 2.06 bits per heavy atom. The number of hydrogen-bond acceptors (Lipinski definition) is 3. The summed E-state index contributed by atoms with van der Waals surface area (Å²) in [6.45, 7) is 3.89. The molecule has 1 aliphatic rings. The minimum Gasteiger partial charge on any atom is -0.480 e. The molecule has 0 aromatic carbocycles. The minimum atomic E-state index is -0.954. The Labute approximate surface area is 108 Å². The molecule has 0 amide bonds. The van der Waals surface area contributed by atoms with Crippen LogP contribution in [0.5, 0.6) is 0 Å². The molecular weight excluding hydrogens is 234 g/mol. The molecule has 1 fully saturated rings. The Kier molecular flexibility index (Phi) is 5.59. The second-order valence-electron chi connectivity index (χ2n) is 5.45. The molecule has 1 saturated carbocycles. The van der Waals surface area contributed by atoms with E-state index in [1.807, 2.05) is 0 Å². The average molecular weight is 257 g/mol. The summed E-state index contributed by atoms with van der Waals surface area (Å²) in [5.74, 6) is -1.05. The minimum absolute atomic E-state index is 0.0888. The number of hydrogen-bond donors (Lipinski definition) is 2. The SMILES string of the molecule is CC(C)C1CCCCC1N(CC(=O)O)CC(=O)O. The zero-order valence-electron chi connectivity index (χ0n) is 11.1. The van der Waals surface area contributed by atoms with Crippen molar-refractivity contribution in [3.63, 3.8) is 0 Å². The van der Waals surface area contributed by atoms with Crippen LogP contribution in [0.15, 0.2) is 0 Å². The third kappa shape index (κ3) is 4.29. The van der Waals surface area contributed by atoms with E-state index in [-0.39, 0.29) is 19.1 Å². The van der Waals surface area contributed by atoms with Gasteiger partial charge in [-0.25, -0.2) is 0 Å². The molecule has 0 aliphatic heterocycles. The number of nitrogens with zero attached hydrogens (tertiary/aromatic N) is 1. The number of carbonyl (C=O) groups is 2. The maximum Gasteiger partial charge on any atom is 0.317 e. The van der Waals surface area contributed by atoms with E-state index in [2.05, 4.69) is 13.8 Å². The summed E-state index contributed by atoms with van der Waals surface area (Å²) in [5, 5.41) is 17.8. The Morgan fingerprint density at radius 2 is 1.61 bits per heavy atom. The Morgan fingerprint density at radius 1 is 1.11 bits per heavy atom. The van der Waals surface area contributed by atoms with Gasteiger partial charge in [0.2, 0.25) is 0 Å². The van der Waals surface area contributed by atoms with Gasteiger partial charge in [-0.05, 0) is 24.7 Å². The lowest BCUT2D eigenvalue weighted by molar-refractivity contribution is -0.144. The smallest absolute Gasteiger partial charge is 0.317 e. The monoisotopic (exact) mass is 257 g/mol. The van der Waals surface area contributed by atoms with E-state index in [4.69, 9.17) is 10.2 Å². The van der Waals surface area contributed by atoms with Crippen LogP contribution in [0.2, 0.25) is 0 Å². The first-order valence-electron chi connectivity index (χ1n) is 6.59. The highest BCUT2D eigenvalue weighted by molar-refractivity contribution is 5.72. The first kappa shape index (κ1) is 15.0. The van der Waals surface area contributed by atoms with Gasteiger partial charge in [0.05, 0.1) is 13.1 Å². The molecule has 2 N–H and O–H groups in total. The molecule has 0 aromatic heterocycles. The molecule has 0 saturated heterocycles. The Balaban J connectivity index is 2.79. The lowest BCUT2D eigenvalue weighted by Gasteiger charge is -2.40. The summed E-state index contributed by atoms with van der Waals surface area (Å²) in [4.78, 5) is 23.4. The third-order valence-electron chi connectivity index (χ3n) is 3.78. The van der Waals surface area contributed by atoms with Gasteiger partial charge in [0.25, 0.3) is 0 Å². The van der Waals surface area contributed by atoms with Crippen LogP contribution in [-0.2, 0) is 9.59 Å². The molecule has 0 radical (unpaired) electrons. The van der Waals surface area contributed by atoms with E-state index in [1.54, 1.807) is 4.90 Å². The first-order valence-corrected chi connectivity index (χ1v) is 6.59. The highest BCUT2D eigenvalue weighted by Gasteiger charge is 2.33. The Bertz CT molecular complexity index is 287. The van der Waals surface area contributed by atoms with Crippen molar-refractivity contribution < 1.29 is 19.8 Å². The number of rotatable bonds is 6. The molecule has 2 unspecified atom stereocenters. The third-order valence-corrected chi connectivity index (χ3v) is 3.78. The van der Waals surface area contributed by atoms with E-state index in [9.17, 15) is 9.59 Å². The molecular formula is C13H23NO4. The fraction of sp³-hybridized carbons (Fsp3) is 0.846. The first-order chi connectivity index (χ1) is 8.41. The van der Waals surface area contributed by atoms with Crippen LogP contribution in [0, 0.1) is 11.8 Å². The molecule has 0 bridgehead atoms. The maximum absolute atomic E-state index is 10.9. The summed E-state index contributed by atoms with van der Waals surface area (Å²) in [6.07, 6.45) is 4.19. The fourth-order valence-corrected chi connectivity index (χ4v) is 3.01. The van der Waals surface area contributed by atoms with Crippen molar-refractivity contribution in [1.29, 1.82) is 0 Å². The van der Waals surface area contributed by atoms with Crippen LogP contribution in [0.3, 0.4) is 0 Å². The van der Waals surface area contributed by atoms with Gasteiger partial charge in [-0.15, -0.1) is 0 Å². The van der Waals surface area contributed by atoms with E-state index in [1.165, 1.54) is 0 Å². The number of carboxylic acid groups (broad SMARTS) is 2.